The van der Waals surface area contributed by atoms with Crippen LogP contribution in [0.2, 0.25) is 0 Å². The Morgan fingerprint density at radius 1 is 1.17 bits per heavy atom. The minimum absolute atomic E-state index is 0.0852. The fraction of sp³-hybridized carbons (Fsp3) is 0.789. The Hall–Kier alpha value is -1.09. The van der Waals surface area contributed by atoms with Gasteiger partial charge in [0.1, 0.15) is 0 Å². The van der Waals surface area contributed by atoms with E-state index in [0.717, 1.165) is 25.7 Å². The van der Waals surface area contributed by atoms with E-state index in [1.165, 1.54) is 31.3 Å². The summed E-state index contributed by atoms with van der Waals surface area (Å²) in [6.07, 6.45) is 7.05. The fourth-order valence-electron chi connectivity index (χ4n) is 2.85. The van der Waals surface area contributed by atoms with Gasteiger partial charge >= 0.3 is 174 Å². The van der Waals surface area contributed by atoms with Crippen molar-refractivity contribution in [3.8, 4) is 0 Å². The van der Waals surface area contributed by atoms with Gasteiger partial charge in [0.15, 0.2) is 0 Å². The van der Waals surface area contributed by atoms with Gasteiger partial charge in [-0.15, -0.1) is 0 Å². The van der Waals surface area contributed by atoms with Crippen molar-refractivity contribution < 1.29 is 33.2 Å². The molecule has 0 aromatic heterocycles. The van der Waals surface area contributed by atoms with E-state index in [1.54, 1.807) is 6.92 Å². The van der Waals surface area contributed by atoms with Gasteiger partial charge in [-0.2, -0.15) is 0 Å². The molecule has 0 aromatic rings. The number of nitrogens with one attached hydrogen (secondary N) is 1. The molecule has 172 valence electrons. The summed E-state index contributed by atoms with van der Waals surface area (Å²) in [6, 6.07) is -0.296. The summed E-state index contributed by atoms with van der Waals surface area (Å²) < 4.78 is 15.9. The Bertz CT molecular complexity index is 485. The van der Waals surface area contributed by atoms with Crippen LogP contribution in [0.4, 0.5) is 0 Å². The Morgan fingerprint density at radius 2 is 1.76 bits per heavy atom. The van der Waals surface area contributed by atoms with Crippen LogP contribution in [0.3, 0.4) is 0 Å². The van der Waals surface area contributed by atoms with Crippen LogP contribution in [0.1, 0.15) is 52.9 Å². The normalized spacial score (nSPS) is 14.8. The summed E-state index contributed by atoms with van der Waals surface area (Å²) >= 11 is 0. The second-order valence-electron chi connectivity index (χ2n) is 7.04. The first kappa shape index (κ1) is 27.9. The van der Waals surface area contributed by atoms with E-state index in [-0.39, 0.29) is 31.1 Å². The van der Waals surface area contributed by atoms with E-state index in [0.29, 0.717) is 12.8 Å². The molecule has 0 saturated heterocycles. The summed E-state index contributed by atoms with van der Waals surface area (Å²) in [5.41, 5.74) is 0. The third-order valence-electron chi connectivity index (χ3n) is 4.57. The van der Waals surface area contributed by atoms with Crippen LogP contribution >= 0.6 is 8.17 Å². The number of methoxy groups -OCH3 is 1. The van der Waals surface area contributed by atoms with Crippen molar-refractivity contribution in [3.63, 3.8) is 0 Å². The quantitative estimate of drug-likeness (QED) is 0.181. The second-order valence-corrected chi connectivity index (χ2v) is 8.71. The molecule has 0 heterocycles. The SMILES string of the molecule is CCCC(CCC)CO[PH](O)(O)OCC(CC(C)N(C=O)/C=C\C(=O)NC)OC. The van der Waals surface area contributed by atoms with Gasteiger partial charge in [-0.1, -0.05) is 0 Å². The van der Waals surface area contributed by atoms with E-state index in [4.69, 9.17) is 13.8 Å². The number of rotatable bonds is 17. The summed E-state index contributed by atoms with van der Waals surface area (Å²) in [7, 11) is -1.28. The van der Waals surface area contributed by atoms with Crippen molar-refractivity contribution in [2.24, 2.45) is 5.92 Å². The summed E-state index contributed by atoms with van der Waals surface area (Å²) in [5.74, 6) is -0.0557. The maximum absolute atomic E-state index is 11.3. The van der Waals surface area contributed by atoms with E-state index < -0.39 is 14.3 Å². The molecular weight excluding hydrogens is 399 g/mol. The van der Waals surface area contributed by atoms with Gasteiger partial charge in [-0.25, -0.2) is 0 Å². The standard InChI is InChI=1S/C19H39N2O7P/c1-6-8-17(9-7-2)13-27-29(24,25)28-14-18(26-5)12-16(3)21(15-22)11-10-19(23)20-4/h10-11,15-18,24-25,29H,6-9,12-14H2,1-5H3,(H,20,23)/b11-10-. The minimum atomic E-state index is -4.25. The van der Waals surface area contributed by atoms with E-state index in [1.807, 2.05) is 0 Å². The van der Waals surface area contributed by atoms with E-state index in [2.05, 4.69) is 19.2 Å². The topological polar surface area (TPSA) is 118 Å². The summed E-state index contributed by atoms with van der Waals surface area (Å²) in [4.78, 5) is 44.0. The monoisotopic (exact) mass is 438 g/mol. The molecule has 0 bridgehead atoms. The zero-order valence-electron chi connectivity index (χ0n) is 18.3. The molecule has 0 aliphatic heterocycles. The molecule has 0 radical (unpaired) electrons. The molecule has 2 amide bonds. The van der Waals surface area contributed by atoms with Crippen molar-refractivity contribution in [1.82, 2.24) is 10.2 Å². The van der Waals surface area contributed by atoms with Crippen LogP contribution in [0.15, 0.2) is 12.3 Å². The fourth-order valence-corrected chi connectivity index (χ4v) is 3.79. The molecular formula is C19H39N2O7P. The van der Waals surface area contributed by atoms with Gasteiger partial charge in [-0.3, -0.25) is 0 Å². The first-order valence-corrected chi connectivity index (χ1v) is 11.8. The van der Waals surface area contributed by atoms with Crippen LogP contribution in [-0.4, -0.2) is 66.5 Å². The maximum atomic E-state index is 11.3. The molecule has 3 N–H and O–H groups in total. The number of nitrogens with zero attached hydrogens (tertiary/aromatic N) is 1. The predicted octanol–water partition coefficient (Wildman–Crippen LogP) is 2.14. The summed E-state index contributed by atoms with van der Waals surface area (Å²) in [5, 5.41) is 2.43. The number of likely N-dealkylation sites (N-methyl/N-ethyl adjacent to an activating group) is 1. The summed E-state index contributed by atoms with van der Waals surface area (Å²) in [6.45, 7) is 6.11. The number of hydrogen-bond donors (Lipinski definition) is 3. The van der Waals surface area contributed by atoms with Crippen molar-refractivity contribution in [3.05, 3.63) is 12.3 Å². The number of carbonyl (C=O) groups excluding carboxylic acids is 2. The van der Waals surface area contributed by atoms with Crippen LogP contribution in [0.5, 0.6) is 0 Å². The number of hydrogen-bond acceptors (Lipinski definition) is 7. The van der Waals surface area contributed by atoms with Gasteiger partial charge in [0.2, 0.25) is 0 Å². The van der Waals surface area contributed by atoms with Gasteiger partial charge in [0, 0.05) is 0 Å². The van der Waals surface area contributed by atoms with Crippen LogP contribution in [0.25, 0.3) is 0 Å². The van der Waals surface area contributed by atoms with Gasteiger partial charge < -0.3 is 0 Å². The predicted molar refractivity (Wildman–Crippen MR) is 114 cm³/mol. The zero-order valence-corrected chi connectivity index (χ0v) is 19.3. The molecule has 0 aromatic carbocycles. The third-order valence-corrected chi connectivity index (χ3v) is 5.66. The Balaban J connectivity index is 4.62. The van der Waals surface area contributed by atoms with Crippen molar-refractivity contribution in [2.75, 3.05) is 27.4 Å². The van der Waals surface area contributed by atoms with E-state index >= 15 is 0 Å². The number of carbonyl (C=O) groups is 2. The molecule has 0 rings (SSSR count). The first-order chi connectivity index (χ1) is 13.7. The molecule has 0 spiro atoms. The first-order valence-electron chi connectivity index (χ1n) is 10.1. The average Bonchev–Trinajstić information content (AvgIpc) is 2.69. The number of ether oxygens (including phenoxy) is 1. The third kappa shape index (κ3) is 12.9. The van der Waals surface area contributed by atoms with Crippen molar-refractivity contribution >= 4 is 20.5 Å². The molecule has 2 atom stereocenters. The molecule has 2 unspecified atom stereocenters. The Kier molecular flexibility index (Phi) is 15.1. The van der Waals surface area contributed by atoms with E-state index in [9.17, 15) is 19.4 Å². The van der Waals surface area contributed by atoms with Crippen LogP contribution in [0, 0.1) is 5.92 Å². The Labute approximate surface area is 175 Å². The van der Waals surface area contributed by atoms with Gasteiger partial charge in [0.25, 0.3) is 0 Å². The zero-order chi connectivity index (χ0) is 22.3. The van der Waals surface area contributed by atoms with Crippen molar-refractivity contribution in [2.45, 2.75) is 65.0 Å². The van der Waals surface area contributed by atoms with Crippen LogP contribution < -0.4 is 5.32 Å². The van der Waals surface area contributed by atoms with Gasteiger partial charge in [0.05, 0.1) is 0 Å². The average molecular weight is 439 g/mol. The van der Waals surface area contributed by atoms with Gasteiger partial charge in [-0.05, 0) is 0 Å². The Morgan fingerprint density at radius 3 is 2.24 bits per heavy atom. The molecule has 9 nitrogen and oxygen atoms in total. The molecule has 0 fully saturated rings. The molecule has 0 aliphatic rings. The van der Waals surface area contributed by atoms with Crippen molar-refractivity contribution in [1.29, 1.82) is 0 Å². The molecule has 0 saturated carbocycles. The molecule has 29 heavy (non-hydrogen) atoms. The number of amides is 2. The second kappa shape index (κ2) is 15.7. The molecule has 0 aliphatic carbocycles. The molecule has 10 heteroatoms. The van der Waals surface area contributed by atoms with Crippen LogP contribution in [-0.2, 0) is 23.4 Å².